The molecule has 3 aromatic rings. The SMILES string of the molecule is I.c1ccc(CN2CCC3(CC2)CCN(c2nccn4cnnc24)C3)cc1. The van der Waals surface area contributed by atoms with Gasteiger partial charge < -0.3 is 4.90 Å². The molecule has 0 bridgehead atoms. The summed E-state index contributed by atoms with van der Waals surface area (Å²) in [6.45, 7) is 5.60. The fourth-order valence-electron chi connectivity index (χ4n) is 4.52. The summed E-state index contributed by atoms with van der Waals surface area (Å²) >= 11 is 0. The number of rotatable bonds is 3. The molecule has 6 nitrogen and oxygen atoms in total. The number of piperidine rings is 1. The van der Waals surface area contributed by atoms with Crippen LogP contribution in [-0.2, 0) is 6.54 Å². The Morgan fingerprint density at radius 2 is 1.78 bits per heavy atom. The molecule has 2 aromatic heterocycles. The van der Waals surface area contributed by atoms with E-state index in [4.69, 9.17) is 0 Å². The minimum absolute atomic E-state index is 0. The lowest BCUT2D eigenvalue weighted by Crippen LogP contribution is -2.41. The monoisotopic (exact) mass is 476 g/mol. The Morgan fingerprint density at radius 3 is 2.59 bits per heavy atom. The van der Waals surface area contributed by atoms with E-state index in [9.17, 15) is 0 Å². The second-order valence-corrected chi connectivity index (χ2v) is 7.75. The van der Waals surface area contributed by atoms with Gasteiger partial charge in [-0.15, -0.1) is 34.2 Å². The van der Waals surface area contributed by atoms with E-state index in [1.54, 1.807) is 6.33 Å². The summed E-state index contributed by atoms with van der Waals surface area (Å²) in [5, 5.41) is 8.28. The first-order valence-electron chi connectivity index (χ1n) is 9.47. The molecule has 2 aliphatic heterocycles. The average Bonchev–Trinajstić information content (AvgIpc) is 3.32. The number of nitrogens with zero attached hydrogens (tertiary/aromatic N) is 6. The van der Waals surface area contributed by atoms with E-state index >= 15 is 0 Å². The summed E-state index contributed by atoms with van der Waals surface area (Å²) in [5.74, 6) is 0.980. The van der Waals surface area contributed by atoms with Gasteiger partial charge in [0.1, 0.15) is 6.33 Å². The molecule has 0 amide bonds. The molecule has 27 heavy (non-hydrogen) atoms. The standard InChI is InChI=1S/C20H24N6.HI/c1-2-4-17(5-3-1)14-24-10-6-20(7-11-24)8-12-25(15-20)18-19-23-22-16-26(19)13-9-21-18;/h1-5,9,13,16H,6-8,10-12,14-15H2;1H. The van der Waals surface area contributed by atoms with Gasteiger partial charge in [0.15, 0.2) is 5.82 Å². The number of hydrogen-bond donors (Lipinski definition) is 0. The zero-order chi connectivity index (χ0) is 17.4. The van der Waals surface area contributed by atoms with Crippen molar-refractivity contribution in [2.45, 2.75) is 25.8 Å². The van der Waals surface area contributed by atoms with Gasteiger partial charge in [-0.3, -0.25) is 9.30 Å². The minimum Gasteiger partial charge on any atom is -0.353 e. The lowest BCUT2D eigenvalue weighted by molar-refractivity contribution is 0.115. The van der Waals surface area contributed by atoms with Crippen molar-refractivity contribution in [1.29, 1.82) is 0 Å². The molecular formula is C20H25IN6. The Bertz CT molecular complexity index is 888. The minimum atomic E-state index is 0. The van der Waals surface area contributed by atoms with Crippen LogP contribution in [-0.4, -0.2) is 50.7 Å². The molecule has 0 saturated carbocycles. The number of halogens is 1. The van der Waals surface area contributed by atoms with Crippen molar-refractivity contribution in [2.24, 2.45) is 5.41 Å². The zero-order valence-electron chi connectivity index (χ0n) is 15.4. The number of aromatic nitrogens is 4. The van der Waals surface area contributed by atoms with Crippen LogP contribution in [0, 0.1) is 5.41 Å². The van der Waals surface area contributed by atoms with Gasteiger partial charge in [-0.1, -0.05) is 30.3 Å². The molecule has 1 aromatic carbocycles. The Labute approximate surface area is 176 Å². The number of anilines is 1. The molecule has 142 valence electrons. The molecule has 0 atom stereocenters. The third kappa shape index (κ3) is 3.67. The van der Waals surface area contributed by atoms with Gasteiger partial charge in [0.2, 0.25) is 5.65 Å². The predicted molar refractivity (Wildman–Crippen MR) is 116 cm³/mol. The zero-order valence-corrected chi connectivity index (χ0v) is 17.7. The van der Waals surface area contributed by atoms with E-state index in [2.05, 4.69) is 55.3 Å². The Morgan fingerprint density at radius 1 is 1.00 bits per heavy atom. The van der Waals surface area contributed by atoms with Crippen molar-refractivity contribution < 1.29 is 0 Å². The number of fused-ring (bicyclic) bond motifs is 1. The summed E-state index contributed by atoms with van der Waals surface area (Å²) < 4.78 is 1.95. The fourth-order valence-corrected chi connectivity index (χ4v) is 4.52. The maximum atomic E-state index is 4.60. The highest BCUT2D eigenvalue weighted by molar-refractivity contribution is 14.0. The van der Waals surface area contributed by atoms with Crippen molar-refractivity contribution >= 4 is 35.4 Å². The highest BCUT2D eigenvalue weighted by atomic mass is 127. The van der Waals surface area contributed by atoms with E-state index in [0.29, 0.717) is 5.41 Å². The quantitative estimate of drug-likeness (QED) is 0.544. The lowest BCUT2D eigenvalue weighted by atomic mass is 9.77. The summed E-state index contributed by atoms with van der Waals surface area (Å²) in [5.41, 5.74) is 2.71. The molecule has 5 rings (SSSR count). The summed E-state index contributed by atoms with van der Waals surface area (Å²) in [7, 11) is 0. The van der Waals surface area contributed by atoms with Gasteiger partial charge in [-0.05, 0) is 43.3 Å². The van der Waals surface area contributed by atoms with Crippen molar-refractivity contribution in [3.05, 3.63) is 54.6 Å². The third-order valence-electron chi connectivity index (χ3n) is 6.10. The van der Waals surface area contributed by atoms with E-state index < -0.39 is 0 Å². The molecule has 7 heteroatoms. The number of likely N-dealkylation sites (tertiary alicyclic amines) is 1. The maximum absolute atomic E-state index is 4.60. The van der Waals surface area contributed by atoms with Crippen molar-refractivity contribution in [1.82, 2.24) is 24.5 Å². The van der Waals surface area contributed by atoms with Crippen LogP contribution in [0.5, 0.6) is 0 Å². The molecule has 2 fully saturated rings. The molecule has 1 spiro atoms. The first kappa shape index (κ1) is 18.6. The molecule has 2 aliphatic rings. The molecule has 0 radical (unpaired) electrons. The van der Waals surface area contributed by atoms with Crippen molar-refractivity contribution in [2.75, 3.05) is 31.1 Å². The Kier molecular flexibility index (Phi) is 5.32. The average molecular weight is 476 g/mol. The highest BCUT2D eigenvalue weighted by Gasteiger charge is 2.41. The van der Waals surface area contributed by atoms with Crippen molar-refractivity contribution in [3.63, 3.8) is 0 Å². The third-order valence-corrected chi connectivity index (χ3v) is 6.10. The second kappa shape index (κ2) is 7.71. The normalized spacial score (nSPS) is 19.5. The van der Waals surface area contributed by atoms with E-state index in [0.717, 1.165) is 31.1 Å². The van der Waals surface area contributed by atoms with Crippen LogP contribution in [0.25, 0.3) is 5.65 Å². The van der Waals surface area contributed by atoms with Crippen LogP contribution in [0.15, 0.2) is 49.1 Å². The van der Waals surface area contributed by atoms with Gasteiger partial charge in [0.05, 0.1) is 0 Å². The van der Waals surface area contributed by atoms with Crippen molar-refractivity contribution in [3.8, 4) is 0 Å². The fraction of sp³-hybridized carbons (Fsp3) is 0.450. The van der Waals surface area contributed by atoms with Crippen LogP contribution in [0.2, 0.25) is 0 Å². The number of hydrogen-bond acceptors (Lipinski definition) is 5. The first-order valence-corrected chi connectivity index (χ1v) is 9.47. The molecule has 0 unspecified atom stereocenters. The molecule has 0 N–H and O–H groups in total. The first-order chi connectivity index (χ1) is 12.8. The summed E-state index contributed by atoms with van der Waals surface area (Å²) in [6, 6.07) is 10.8. The maximum Gasteiger partial charge on any atom is 0.203 e. The van der Waals surface area contributed by atoms with Crippen LogP contribution >= 0.6 is 24.0 Å². The summed E-state index contributed by atoms with van der Waals surface area (Å²) in [6.07, 6.45) is 9.29. The molecule has 4 heterocycles. The van der Waals surface area contributed by atoms with Gasteiger partial charge in [-0.25, -0.2) is 4.98 Å². The molecular weight excluding hydrogens is 451 g/mol. The van der Waals surface area contributed by atoms with E-state index in [1.165, 1.54) is 37.9 Å². The smallest absolute Gasteiger partial charge is 0.203 e. The topological polar surface area (TPSA) is 49.6 Å². The Balaban J connectivity index is 0.00000180. The predicted octanol–water partition coefficient (Wildman–Crippen LogP) is 3.23. The molecule has 0 aliphatic carbocycles. The van der Waals surface area contributed by atoms with Gasteiger partial charge in [-0.2, -0.15) is 0 Å². The van der Waals surface area contributed by atoms with Crippen LogP contribution in [0.1, 0.15) is 24.8 Å². The summed E-state index contributed by atoms with van der Waals surface area (Å²) in [4.78, 5) is 9.61. The largest absolute Gasteiger partial charge is 0.353 e. The van der Waals surface area contributed by atoms with Gasteiger partial charge >= 0.3 is 0 Å². The highest BCUT2D eigenvalue weighted by Crippen LogP contribution is 2.42. The van der Waals surface area contributed by atoms with Crippen LogP contribution in [0.4, 0.5) is 5.82 Å². The number of benzene rings is 1. The van der Waals surface area contributed by atoms with E-state index in [1.807, 2.05) is 16.8 Å². The molecule has 2 saturated heterocycles. The van der Waals surface area contributed by atoms with Crippen LogP contribution < -0.4 is 4.90 Å². The van der Waals surface area contributed by atoms with E-state index in [-0.39, 0.29) is 24.0 Å². The van der Waals surface area contributed by atoms with Crippen LogP contribution in [0.3, 0.4) is 0 Å². The Hall–Kier alpha value is -1.74. The van der Waals surface area contributed by atoms with Gasteiger partial charge in [0.25, 0.3) is 0 Å². The second-order valence-electron chi connectivity index (χ2n) is 7.75. The van der Waals surface area contributed by atoms with Gasteiger partial charge in [0, 0.05) is 32.0 Å². The lowest BCUT2D eigenvalue weighted by Gasteiger charge is -2.39.